The van der Waals surface area contributed by atoms with Crippen LogP contribution in [0.15, 0.2) is 29.1 Å². The van der Waals surface area contributed by atoms with Crippen LogP contribution in [0.5, 0.6) is 0 Å². The molecule has 4 rings (SSSR count). The van der Waals surface area contributed by atoms with Crippen molar-refractivity contribution in [2.45, 2.75) is 43.8 Å². The van der Waals surface area contributed by atoms with Crippen LogP contribution in [0.3, 0.4) is 0 Å². The van der Waals surface area contributed by atoms with E-state index in [9.17, 15) is 9.59 Å². The van der Waals surface area contributed by atoms with Crippen LogP contribution in [-0.4, -0.2) is 46.2 Å². The number of amides is 1. The zero-order valence-electron chi connectivity index (χ0n) is 13.5. The predicted molar refractivity (Wildman–Crippen MR) is 94.7 cm³/mol. The molecule has 24 heavy (non-hydrogen) atoms. The van der Waals surface area contributed by atoms with E-state index < -0.39 is 0 Å². The van der Waals surface area contributed by atoms with Crippen LogP contribution >= 0.6 is 12.4 Å². The molecule has 2 aliphatic rings. The summed E-state index contributed by atoms with van der Waals surface area (Å²) < 4.78 is 0. The molecule has 0 aliphatic carbocycles. The Bertz CT molecular complexity index is 808. The van der Waals surface area contributed by atoms with Crippen LogP contribution in [0.1, 0.15) is 36.2 Å². The fourth-order valence-electron chi connectivity index (χ4n) is 4.01. The van der Waals surface area contributed by atoms with Crippen LogP contribution < -0.4 is 10.7 Å². The summed E-state index contributed by atoms with van der Waals surface area (Å²) in [6.07, 6.45) is 4.29. The number of aromatic amines is 1. The number of hydrogen-bond donors (Lipinski definition) is 2. The molecule has 2 aromatic rings. The van der Waals surface area contributed by atoms with E-state index in [-0.39, 0.29) is 35.5 Å². The molecule has 2 fully saturated rings. The maximum atomic E-state index is 12.5. The highest BCUT2D eigenvalue weighted by Crippen LogP contribution is 2.34. The minimum Gasteiger partial charge on any atom is -0.348 e. The van der Waals surface area contributed by atoms with Crippen molar-refractivity contribution >= 4 is 29.2 Å². The van der Waals surface area contributed by atoms with Crippen LogP contribution in [0.4, 0.5) is 0 Å². The maximum absolute atomic E-state index is 12.5. The van der Waals surface area contributed by atoms with Gasteiger partial charge in [0.05, 0.1) is 5.52 Å². The molecule has 0 spiro atoms. The van der Waals surface area contributed by atoms with Gasteiger partial charge in [0, 0.05) is 23.5 Å². The summed E-state index contributed by atoms with van der Waals surface area (Å²) in [6.45, 7) is 0. The lowest BCUT2D eigenvalue weighted by atomic mass is 9.98. The number of hydrogen-bond acceptors (Lipinski definition) is 4. The van der Waals surface area contributed by atoms with Crippen molar-refractivity contribution in [2.75, 3.05) is 7.05 Å². The zero-order chi connectivity index (χ0) is 16.0. The fourth-order valence-corrected chi connectivity index (χ4v) is 4.01. The first-order valence-corrected chi connectivity index (χ1v) is 8.13. The minimum atomic E-state index is -0.369. The number of nitrogens with one attached hydrogen (secondary N) is 2. The molecule has 3 heterocycles. The largest absolute Gasteiger partial charge is 0.348 e. The first-order valence-electron chi connectivity index (χ1n) is 8.13. The van der Waals surface area contributed by atoms with Crippen molar-refractivity contribution < 1.29 is 4.79 Å². The summed E-state index contributed by atoms with van der Waals surface area (Å²) in [5, 5.41) is 10.3. The number of piperidine rings is 1. The number of rotatable bonds is 2. The van der Waals surface area contributed by atoms with Gasteiger partial charge in [-0.25, -0.2) is 0 Å². The van der Waals surface area contributed by atoms with Gasteiger partial charge in [0.2, 0.25) is 5.43 Å². The van der Waals surface area contributed by atoms with E-state index in [0.29, 0.717) is 23.0 Å². The molecule has 2 bridgehead atoms. The Balaban J connectivity index is 0.00000169. The number of carbonyl (C=O) groups excluding carboxylic acids is 1. The lowest BCUT2D eigenvalue weighted by Crippen LogP contribution is -2.49. The smallest absolute Gasteiger partial charge is 0.276 e. The number of nitrogens with zero attached hydrogens (tertiary/aromatic N) is 2. The molecule has 2 N–H and O–H groups in total. The zero-order valence-corrected chi connectivity index (χ0v) is 14.3. The van der Waals surface area contributed by atoms with Gasteiger partial charge in [-0.3, -0.25) is 14.7 Å². The highest BCUT2D eigenvalue weighted by molar-refractivity contribution is 5.95. The average Bonchev–Trinajstić information content (AvgIpc) is 2.77. The summed E-state index contributed by atoms with van der Waals surface area (Å²) in [5.41, 5.74) is 0.286. The van der Waals surface area contributed by atoms with Crippen molar-refractivity contribution in [1.82, 2.24) is 20.4 Å². The number of H-pyrrole nitrogens is 1. The first-order chi connectivity index (χ1) is 11.1. The van der Waals surface area contributed by atoms with Gasteiger partial charge in [0.25, 0.3) is 5.91 Å². The standard InChI is InChI=1S/C17H20N4O2.ClH/c1-21-11-6-7-12(21)9-10(8-11)18-17(23)15-16(22)13-4-2-3-5-14(13)19-20-15;/h2-5,10-12H,6-9H2,1H3,(H,18,23)(H,19,22);1H/t10-,11+,12-;. The second-order valence-electron chi connectivity index (χ2n) is 6.64. The van der Waals surface area contributed by atoms with E-state index in [1.165, 1.54) is 12.8 Å². The van der Waals surface area contributed by atoms with Crippen LogP contribution in [0, 0.1) is 0 Å². The summed E-state index contributed by atoms with van der Waals surface area (Å²) in [5.74, 6) is -0.369. The molecule has 6 nitrogen and oxygen atoms in total. The van der Waals surface area contributed by atoms with Crippen molar-refractivity contribution in [3.05, 3.63) is 40.2 Å². The highest BCUT2D eigenvalue weighted by atomic mass is 35.5. The molecule has 0 saturated carbocycles. The van der Waals surface area contributed by atoms with Gasteiger partial charge in [-0.2, -0.15) is 5.10 Å². The Morgan fingerprint density at radius 1 is 1.25 bits per heavy atom. The Hall–Kier alpha value is -1.92. The van der Waals surface area contributed by atoms with Crippen LogP contribution in [0.2, 0.25) is 0 Å². The Morgan fingerprint density at radius 3 is 2.62 bits per heavy atom. The van der Waals surface area contributed by atoms with Crippen LogP contribution in [-0.2, 0) is 0 Å². The lowest BCUT2D eigenvalue weighted by molar-refractivity contribution is 0.0875. The molecule has 1 aromatic heterocycles. The van der Waals surface area contributed by atoms with Crippen molar-refractivity contribution in [2.24, 2.45) is 0 Å². The first kappa shape index (κ1) is 16.9. The summed E-state index contributed by atoms with van der Waals surface area (Å²) in [4.78, 5) is 27.4. The quantitative estimate of drug-likeness (QED) is 0.866. The predicted octanol–water partition coefficient (Wildman–Crippen LogP) is 1.70. The second-order valence-corrected chi connectivity index (χ2v) is 6.64. The van der Waals surface area contributed by atoms with E-state index in [1.807, 2.05) is 6.07 Å². The summed E-state index contributed by atoms with van der Waals surface area (Å²) >= 11 is 0. The third kappa shape index (κ3) is 2.80. The second kappa shape index (κ2) is 6.53. The van der Waals surface area contributed by atoms with Crippen molar-refractivity contribution in [3.63, 3.8) is 0 Å². The van der Waals surface area contributed by atoms with Gasteiger partial charge < -0.3 is 10.2 Å². The van der Waals surface area contributed by atoms with E-state index in [1.54, 1.807) is 18.2 Å². The third-order valence-corrected chi connectivity index (χ3v) is 5.32. The van der Waals surface area contributed by atoms with Gasteiger partial charge in [0.15, 0.2) is 5.69 Å². The molecule has 0 radical (unpaired) electrons. The van der Waals surface area contributed by atoms with E-state index >= 15 is 0 Å². The van der Waals surface area contributed by atoms with Gasteiger partial charge in [-0.05, 0) is 44.9 Å². The number of carbonyl (C=O) groups is 1. The molecule has 2 saturated heterocycles. The Labute approximate surface area is 146 Å². The summed E-state index contributed by atoms with van der Waals surface area (Å²) in [6, 6.07) is 8.32. The average molecular weight is 349 g/mol. The number of fused-ring (bicyclic) bond motifs is 3. The molecule has 1 amide bonds. The molecule has 1 aromatic carbocycles. The number of para-hydroxylation sites is 1. The topological polar surface area (TPSA) is 78.1 Å². The third-order valence-electron chi connectivity index (χ3n) is 5.32. The number of benzene rings is 1. The molecule has 0 unspecified atom stereocenters. The highest BCUT2D eigenvalue weighted by Gasteiger charge is 2.39. The van der Waals surface area contributed by atoms with Crippen molar-refractivity contribution in [3.8, 4) is 0 Å². The van der Waals surface area contributed by atoms with Gasteiger partial charge in [-0.15, -0.1) is 12.4 Å². The normalized spacial score (nSPS) is 26.1. The number of aromatic nitrogens is 2. The van der Waals surface area contributed by atoms with Crippen molar-refractivity contribution in [1.29, 1.82) is 0 Å². The van der Waals surface area contributed by atoms with E-state index in [2.05, 4.69) is 27.5 Å². The van der Waals surface area contributed by atoms with Crippen LogP contribution in [0.25, 0.3) is 10.9 Å². The SMILES string of the molecule is CN1[C@@H]2CC[C@H]1C[C@@H](NC(=O)c1n[nH]c3ccccc3c1=O)C2.Cl. The fraction of sp³-hybridized carbons (Fsp3) is 0.471. The monoisotopic (exact) mass is 348 g/mol. The van der Waals surface area contributed by atoms with E-state index in [0.717, 1.165) is 12.8 Å². The van der Waals surface area contributed by atoms with E-state index in [4.69, 9.17) is 0 Å². The molecule has 3 atom stereocenters. The van der Waals surface area contributed by atoms with Gasteiger partial charge in [0.1, 0.15) is 0 Å². The van der Waals surface area contributed by atoms with Gasteiger partial charge in [-0.1, -0.05) is 12.1 Å². The molecule has 128 valence electrons. The Kier molecular flexibility index (Phi) is 4.60. The summed E-state index contributed by atoms with van der Waals surface area (Å²) in [7, 11) is 2.16. The number of halogens is 1. The maximum Gasteiger partial charge on any atom is 0.276 e. The molecule has 7 heteroatoms. The minimum absolute atomic E-state index is 0. The lowest BCUT2D eigenvalue weighted by Gasteiger charge is -2.36. The molecule has 2 aliphatic heterocycles. The Morgan fingerprint density at radius 2 is 1.92 bits per heavy atom. The molecular formula is C17H21ClN4O2. The van der Waals surface area contributed by atoms with Gasteiger partial charge >= 0.3 is 0 Å². The molecular weight excluding hydrogens is 328 g/mol.